The van der Waals surface area contributed by atoms with E-state index in [1.54, 1.807) is 0 Å². The van der Waals surface area contributed by atoms with Gasteiger partial charge in [0.1, 0.15) is 0 Å². The Morgan fingerprint density at radius 3 is 2.05 bits per heavy atom. The van der Waals surface area contributed by atoms with Gasteiger partial charge in [-0.1, -0.05) is 0 Å². The normalized spacial score (nSPS) is 29.2. The maximum atomic E-state index is 12.4. The molecule has 2 unspecified atom stereocenters. The fraction of sp³-hybridized carbons (Fsp3) is 0.867. The van der Waals surface area contributed by atoms with Gasteiger partial charge in [-0.05, 0) is 56.8 Å². The van der Waals surface area contributed by atoms with Crippen LogP contribution in [0.2, 0.25) is 0 Å². The molecule has 0 spiro atoms. The molecular weight excluding hydrogens is 256 g/mol. The monoisotopic (exact) mass is 280 g/mol. The first-order valence-corrected chi connectivity index (χ1v) is 7.90. The van der Waals surface area contributed by atoms with Crippen LogP contribution >= 0.6 is 0 Å². The molecule has 2 N–H and O–H groups in total. The zero-order chi connectivity index (χ0) is 14.1. The van der Waals surface area contributed by atoms with Crippen molar-refractivity contribution >= 4 is 12.0 Å². The summed E-state index contributed by atoms with van der Waals surface area (Å²) in [6, 6.07) is 0.0735. The fourth-order valence-corrected chi connectivity index (χ4v) is 3.07. The molecule has 2 amide bonds. The summed E-state index contributed by atoms with van der Waals surface area (Å²) in [6.07, 6.45) is 7.06. The molecule has 0 bridgehead atoms. The number of hydrogen-bond acceptors (Lipinski definition) is 2. The van der Waals surface area contributed by atoms with Crippen molar-refractivity contribution < 1.29 is 14.7 Å². The Bertz CT molecular complexity index is 377. The van der Waals surface area contributed by atoms with Gasteiger partial charge in [0.15, 0.2) is 0 Å². The van der Waals surface area contributed by atoms with Crippen LogP contribution < -0.4 is 5.32 Å². The van der Waals surface area contributed by atoms with E-state index in [9.17, 15) is 9.59 Å². The summed E-state index contributed by atoms with van der Waals surface area (Å²) < 4.78 is 0. The molecule has 3 saturated carbocycles. The van der Waals surface area contributed by atoms with Crippen molar-refractivity contribution in [3.63, 3.8) is 0 Å². The van der Waals surface area contributed by atoms with E-state index >= 15 is 0 Å². The van der Waals surface area contributed by atoms with Gasteiger partial charge in [0.05, 0.1) is 5.92 Å². The van der Waals surface area contributed by atoms with Gasteiger partial charge in [-0.3, -0.25) is 4.79 Å². The minimum absolute atomic E-state index is 0.0276. The highest BCUT2D eigenvalue weighted by Gasteiger charge is 2.34. The van der Waals surface area contributed by atoms with Crippen molar-refractivity contribution in [2.75, 3.05) is 13.1 Å². The van der Waals surface area contributed by atoms with E-state index in [4.69, 9.17) is 5.11 Å². The first kappa shape index (κ1) is 13.7. The van der Waals surface area contributed by atoms with E-state index in [0.29, 0.717) is 24.7 Å². The molecule has 20 heavy (non-hydrogen) atoms. The highest BCUT2D eigenvalue weighted by Crippen LogP contribution is 2.34. The molecule has 0 aliphatic heterocycles. The van der Waals surface area contributed by atoms with Gasteiger partial charge in [0.2, 0.25) is 0 Å². The average Bonchev–Trinajstić information content (AvgIpc) is 3.31. The lowest BCUT2D eigenvalue weighted by molar-refractivity contribution is -0.141. The molecule has 3 aliphatic rings. The van der Waals surface area contributed by atoms with Crippen LogP contribution in [0.4, 0.5) is 4.79 Å². The number of nitrogens with one attached hydrogen (secondary N) is 1. The van der Waals surface area contributed by atoms with Crippen molar-refractivity contribution in [3.05, 3.63) is 0 Å². The van der Waals surface area contributed by atoms with Crippen LogP contribution in [-0.2, 0) is 4.79 Å². The molecule has 5 heteroatoms. The zero-order valence-corrected chi connectivity index (χ0v) is 11.9. The van der Waals surface area contributed by atoms with Crippen molar-refractivity contribution in [2.45, 2.75) is 51.0 Å². The van der Waals surface area contributed by atoms with Crippen molar-refractivity contribution in [1.29, 1.82) is 0 Å². The number of urea groups is 1. The first-order chi connectivity index (χ1) is 9.61. The predicted octanol–water partition coefficient (Wildman–Crippen LogP) is 2.07. The zero-order valence-electron chi connectivity index (χ0n) is 11.9. The van der Waals surface area contributed by atoms with E-state index in [1.807, 2.05) is 4.90 Å². The molecule has 0 radical (unpaired) electrons. The third-order valence-corrected chi connectivity index (χ3v) is 4.75. The number of nitrogens with zero attached hydrogens (tertiary/aromatic N) is 1. The van der Waals surface area contributed by atoms with Crippen molar-refractivity contribution in [2.24, 2.45) is 17.8 Å². The molecule has 0 aromatic heterocycles. The van der Waals surface area contributed by atoms with Gasteiger partial charge in [-0.25, -0.2) is 4.79 Å². The molecule has 0 aromatic carbocycles. The Morgan fingerprint density at radius 1 is 1.00 bits per heavy atom. The van der Waals surface area contributed by atoms with E-state index in [1.165, 1.54) is 25.7 Å². The molecule has 5 nitrogen and oxygen atoms in total. The maximum Gasteiger partial charge on any atom is 0.317 e. The molecule has 0 aromatic rings. The molecule has 112 valence electrons. The highest BCUT2D eigenvalue weighted by molar-refractivity contribution is 5.75. The Hall–Kier alpha value is -1.26. The number of carboxylic acids is 1. The third-order valence-electron chi connectivity index (χ3n) is 4.75. The SMILES string of the molecule is O=C(O)C1CCC(NC(=O)N(CC2CC2)CC2CC2)C1. The summed E-state index contributed by atoms with van der Waals surface area (Å²) in [6.45, 7) is 1.77. The van der Waals surface area contributed by atoms with Gasteiger partial charge >= 0.3 is 12.0 Å². The van der Waals surface area contributed by atoms with Crippen LogP contribution in [-0.4, -0.2) is 41.1 Å². The number of rotatable bonds is 6. The summed E-state index contributed by atoms with van der Waals surface area (Å²) in [5, 5.41) is 12.1. The van der Waals surface area contributed by atoms with E-state index in [2.05, 4.69) is 5.32 Å². The second kappa shape index (κ2) is 5.62. The quantitative estimate of drug-likeness (QED) is 0.782. The number of aliphatic carboxylic acids is 1. The minimum Gasteiger partial charge on any atom is -0.481 e. The molecule has 0 heterocycles. The third kappa shape index (κ3) is 3.64. The standard InChI is InChI=1S/C15H24N2O3/c18-14(19)12-5-6-13(7-12)16-15(20)17(8-10-1-2-10)9-11-3-4-11/h10-13H,1-9H2,(H,16,20)(H,18,19). The van der Waals surface area contributed by atoms with Gasteiger partial charge in [-0.15, -0.1) is 0 Å². The summed E-state index contributed by atoms with van der Waals surface area (Å²) in [5.41, 5.74) is 0. The fourth-order valence-electron chi connectivity index (χ4n) is 3.07. The number of amides is 2. The molecule has 0 saturated heterocycles. The Labute approximate surface area is 119 Å². The van der Waals surface area contributed by atoms with Gasteiger partial charge in [-0.2, -0.15) is 0 Å². The summed E-state index contributed by atoms with van der Waals surface area (Å²) >= 11 is 0. The number of hydrogen-bond donors (Lipinski definition) is 2. The van der Waals surface area contributed by atoms with Gasteiger partial charge in [0.25, 0.3) is 0 Å². The van der Waals surface area contributed by atoms with Crippen molar-refractivity contribution in [1.82, 2.24) is 10.2 Å². The van der Waals surface area contributed by atoms with Crippen molar-refractivity contribution in [3.8, 4) is 0 Å². The van der Waals surface area contributed by atoms with Gasteiger partial charge in [0, 0.05) is 19.1 Å². The molecule has 2 atom stereocenters. The molecule has 3 aliphatic carbocycles. The van der Waals surface area contributed by atoms with Crippen LogP contribution in [0.15, 0.2) is 0 Å². The number of carboxylic acid groups (broad SMARTS) is 1. The van der Waals surface area contributed by atoms with Crippen LogP contribution in [0.3, 0.4) is 0 Å². The number of carbonyl (C=O) groups excluding carboxylic acids is 1. The maximum absolute atomic E-state index is 12.4. The lowest BCUT2D eigenvalue weighted by atomic mass is 10.1. The number of carbonyl (C=O) groups is 2. The second-order valence-electron chi connectivity index (χ2n) is 6.79. The van der Waals surface area contributed by atoms with E-state index in [-0.39, 0.29) is 18.0 Å². The van der Waals surface area contributed by atoms with Gasteiger partial charge < -0.3 is 15.3 Å². The Kier molecular flexibility index (Phi) is 3.85. The lowest BCUT2D eigenvalue weighted by Crippen LogP contribution is -2.45. The molecule has 3 rings (SSSR count). The van der Waals surface area contributed by atoms with Crippen LogP contribution in [0, 0.1) is 17.8 Å². The first-order valence-electron chi connectivity index (χ1n) is 7.90. The van der Waals surface area contributed by atoms with Crippen LogP contribution in [0.1, 0.15) is 44.9 Å². The topological polar surface area (TPSA) is 69.6 Å². The predicted molar refractivity (Wildman–Crippen MR) is 74.3 cm³/mol. The Balaban J connectivity index is 1.49. The smallest absolute Gasteiger partial charge is 0.317 e. The second-order valence-corrected chi connectivity index (χ2v) is 6.79. The lowest BCUT2D eigenvalue weighted by Gasteiger charge is -2.25. The summed E-state index contributed by atoms with van der Waals surface area (Å²) in [7, 11) is 0. The molecular formula is C15H24N2O3. The van der Waals surface area contributed by atoms with Crippen LogP contribution in [0.25, 0.3) is 0 Å². The minimum atomic E-state index is -0.727. The Morgan fingerprint density at radius 2 is 1.60 bits per heavy atom. The molecule has 3 fully saturated rings. The average molecular weight is 280 g/mol. The summed E-state index contributed by atoms with van der Waals surface area (Å²) in [5.74, 6) is 0.403. The highest BCUT2D eigenvalue weighted by atomic mass is 16.4. The summed E-state index contributed by atoms with van der Waals surface area (Å²) in [4.78, 5) is 25.3. The van der Waals surface area contributed by atoms with E-state index < -0.39 is 5.97 Å². The largest absolute Gasteiger partial charge is 0.481 e. The van der Waals surface area contributed by atoms with E-state index in [0.717, 1.165) is 19.5 Å². The van der Waals surface area contributed by atoms with Crippen LogP contribution in [0.5, 0.6) is 0 Å².